The van der Waals surface area contributed by atoms with Crippen LogP contribution in [0.2, 0.25) is 0 Å². The summed E-state index contributed by atoms with van der Waals surface area (Å²) in [4.78, 5) is 12.8. The number of furan rings is 1. The summed E-state index contributed by atoms with van der Waals surface area (Å²) < 4.78 is 22.6. The highest BCUT2D eigenvalue weighted by atomic mass is 16.5. The van der Waals surface area contributed by atoms with Gasteiger partial charge in [0, 0.05) is 16.8 Å². The first-order chi connectivity index (χ1) is 14.5. The zero-order valence-corrected chi connectivity index (χ0v) is 17.3. The topological polar surface area (TPSA) is 69.9 Å². The Morgan fingerprint density at radius 2 is 1.67 bits per heavy atom. The molecule has 0 aliphatic heterocycles. The zero-order chi connectivity index (χ0) is 21.3. The third kappa shape index (κ3) is 3.64. The van der Waals surface area contributed by atoms with Crippen molar-refractivity contribution in [1.29, 1.82) is 0 Å². The predicted octanol–water partition coefficient (Wildman–Crippen LogP) is 5.32. The van der Waals surface area contributed by atoms with Crippen LogP contribution < -0.4 is 19.5 Å². The molecule has 0 saturated heterocycles. The minimum Gasteiger partial charge on any atom is -0.495 e. The third-order valence-electron chi connectivity index (χ3n) is 4.95. The van der Waals surface area contributed by atoms with Crippen LogP contribution in [0, 0.1) is 6.92 Å². The van der Waals surface area contributed by atoms with Gasteiger partial charge in [0.25, 0.3) is 5.91 Å². The number of carbonyl (C=O) groups is 1. The van der Waals surface area contributed by atoms with Gasteiger partial charge in [-0.05, 0) is 43.7 Å². The molecule has 0 unspecified atom stereocenters. The number of hydrogen-bond acceptors (Lipinski definition) is 5. The Hall–Kier alpha value is -3.67. The molecule has 4 aromatic rings. The molecule has 4 rings (SSSR count). The summed E-state index contributed by atoms with van der Waals surface area (Å²) in [7, 11) is 3.13. The lowest BCUT2D eigenvalue weighted by atomic mass is 10.1. The van der Waals surface area contributed by atoms with Gasteiger partial charge in [-0.3, -0.25) is 4.79 Å². The Labute approximate surface area is 174 Å². The van der Waals surface area contributed by atoms with E-state index >= 15 is 0 Å². The molecule has 0 spiro atoms. The molecule has 1 N–H and O–H groups in total. The number of aryl methyl sites for hydroxylation is 1. The number of ether oxygens (including phenoxy) is 3. The van der Waals surface area contributed by atoms with E-state index in [9.17, 15) is 4.79 Å². The van der Waals surface area contributed by atoms with Crippen LogP contribution in [0.4, 0.5) is 5.69 Å². The van der Waals surface area contributed by atoms with Crippen molar-refractivity contribution in [3.8, 4) is 17.2 Å². The van der Waals surface area contributed by atoms with E-state index in [4.69, 9.17) is 18.6 Å². The number of fused-ring (bicyclic) bond motifs is 3. The maximum absolute atomic E-state index is 12.8. The number of methoxy groups -OCH3 is 2. The van der Waals surface area contributed by atoms with Crippen LogP contribution in [-0.4, -0.2) is 26.2 Å². The van der Waals surface area contributed by atoms with Crippen molar-refractivity contribution in [3.63, 3.8) is 0 Å². The van der Waals surface area contributed by atoms with Crippen molar-refractivity contribution in [3.05, 3.63) is 60.2 Å². The molecule has 3 aromatic carbocycles. The first-order valence-corrected chi connectivity index (χ1v) is 9.61. The molecule has 30 heavy (non-hydrogen) atoms. The monoisotopic (exact) mass is 405 g/mol. The van der Waals surface area contributed by atoms with Crippen LogP contribution in [0.25, 0.3) is 21.9 Å². The maximum atomic E-state index is 12.8. The highest BCUT2D eigenvalue weighted by molar-refractivity contribution is 6.08. The minimum atomic E-state index is -0.752. The fourth-order valence-corrected chi connectivity index (χ4v) is 3.37. The molecule has 6 nitrogen and oxygen atoms in total. The van der Waals surface area contributed by atoms with E-state index in [-0.39, 0.29) is 5.91 Å². The smallest absolute Gasteiger partial charge is 0.265 e. The van der Waals surface area contributed by atoms with Crippen molar-refractivity contribution >= 4 is 33.5 Å². The molecule has 0 radical (unpaired) electrons. The molecule has 0 aliphatic carbocycles. The fourth-order valence-electron chi connectivity index (χ4n) is 3.37. The lowest BCUT2D eigenvalue weighted by Gasteiger charge is -2.18. The molecule has 0 aliphatic rings. The number of hydrogen-bond donors (Lipinski definition) is 1. The second-order valence-electron chi connectivity index (χ2n) is 7.05. The fraction of sp³-hybridized carbons (Fsp3) is 0.208. The summed E-state index contributed by atoms with van der Waals surface area (Å²) in [6.07, 6.45) is -0.752. The van der Waals surface area contributed by atoms with Crippen LogP contribution >= 0.6 is 0 Å². The number of amides is 1. The minimum absolute atomic E-state index is 0.314. The second-order valence-corrected chi connectivity index (χ2v) is 7.05. The molecular weight excluding hydrogens is 382 g/mol. The number of rotatable bonds is 6. The average molecular weight is 405 g/mol. The van der Waals surface area contributed by atoms with Gasteiger partial charge in [-0.15, -0.1) is 0 Å². The Bertz CT molecular complexity index is 1230. The van der Waals surface area contributed by atoms with Gasteiger partial charge in [-0.1, -0.05) is 24.3 Å². The van der Waals surface area contributed by atoms with Gasteiger partial charge in [0.1, 0.15) is 16.9 Å². The first kappa shape index (κ1) is 19.6. The Morgan fingerprint density at radius 3 is 2.43 bits per heavy atom. The molecule has 1 heterocycles. The molecule has 0 saturated carbocycles. The van der Waals surface area contributed by atoms with E-state index in [1.165, 1.54) is 0 Å². The average Bonchev–Trinajstić information content (AvgIpc) is 3.11. The SMILES string of the molecule is COc1cc2c(cc1NC(=O)[C@H](C)Oc1ccc(C)cc1OC)oc1ccccc12. The maximum Gasteiger partial charge on any atom is 0.265 e. The Morgan fingerprint density at radius 1 is 0.900 bits per heavy atom. The summed E-state index contributed by atoms with van der Waals surface area (Å²) in [5.74, 6) is 1.32. The lowest BCUT2D eigenvalue weighted by Crippen LogP contribution is -2.30. The van der Waals surface area contributed by atoms with Crippen LogP contribution in [0.3, 0.4) is 0 Å². The number of anilines is 1. The molecule has 1 atom stereocenters. The number of benzene rings is 3. The summed E-state index contributed by atoms with van der Waals surface area (Å²) in [5.41, 5.74) is 3.00. The lowest BCUT2D eigenvalue weighted by molar-refractivity contribution is -0.122. The Balaban J connectivity index is 1.59. The van der Waals surface area contributed by atoms with Gasteiger partial charge in [0.05, 0.1) is 19.9 Å². The van der Waals surface area contributed by atoms with E-state index in [1.54, 1.807) is 33.3 Å². The summed E-state index contributed by atoms with van der Waals surface area (Å²) >= 11 is 0. The van der Waals surface area contributed by atoms with Crippen LogP contribution in [0.1, 0.15) is 12.5 Å². The van der Waals surface area contributed by atoms with Gasteiger partial charge < -0.3 is 23.9 Å². The standard InChI is InChI=1S/C24H23NO5/c1-14-9-10-20(23(11-14)28-4)29-15(2)24(26)25-18-13-21-17(12-22(18)27-3)16-7-5-6-8-19(16)30-21/h5-13,15H,1-4H3,(H,25,26)/t15-/m0/s1. The first-order valence-electron chi connectivity index (χ1n) is 9.61. The summed E-state index contributed by atoms with van der Waals surface area (Å²) in [6.45, 7) is 3.64. The van der Waals surface area contributed by atoms with Crippen molar-refractivity contribution in [2.24, 2.45) is 0 Å². The third-order valence-corrected chi connectivity index (χ3v) is 4.95. The number of para-hydroxylation sites is 1. The molecule has 1 amide bonds. The van der Waals surface area contributed by atoms with Gasteiger partial charge in [0.15, 0.2) is 17.6 Å². The molecular formula is C24H23NO5. The second kappa shape index (κ2) is 7.99. The van der Waals surface area contributed by atoms with Gasteiger partial charge in [-0.2, -0.15) is 0 Å². The molecule has 154 valence electrons. The van der Waals surface area contributed by atoms with Crippen molar-refractivity contribution in [2.75, 3.05) is 19.5 Å². The van der Waals surface area contributed by atoms with Crippen LogP contribution in [0.5, 0.6) is 17.2 Å². The quantitative estimate of drug-likeness (QED) is 0.470. The summed E-state index contributed by atoms with van der Waals surface area (Å²) in [6, 6.07) is 17.0. The van der Waals surface area contributed by atoms with Crippen molar-refractivity contribution < 1.29 is 23.4 Å². The molecule has 6 heteroatoms. The van der Waals surface area contributed by atoms with E-state index < -0.39 is 6.10 Å². The van der Waals surface area contributed by atoms with Gasteiger partial charge >= 0.3 is 0 Å². The normalized spacial score (nSPS) is 12.0. The van der Waals surface area contributed by atoms with E-state index in [0.717, 1.165) is 21.9 Å². The molecule has 1 aromatic heterocycles. The summed E-state index contributed by atoms with van der Waals surface area (Å²) in [5, 5.41) is 4.79. The molecule has 0 bridgehead atoms. The van der Waals surface area contributed by atoms with Crippen molar-refractivity contribution in [2.45, 2.75) is 20.0 Å². The number of carbonyl (C=O) groups excluding carboxylic acids is 1. The zero-order valence-electron chi connectivity index (χ0n) is 17.3. The highest BCUT2D eigenvalue weighted by Crippen LogP contribution is 2.36. The van der Waals surface area contributed by atoms with Gasteiger partial charge in [-0.25, -0.2) is 0 Å². The highest BCUT2D eigenvalue weighted by Gasteiger charge is 2.20. The van der Waals surface area contributed by atoms with E-state index in [0.29, 0.717) is 28.5 Å². The largest absolute Gasteiger partial charge is 0.495 e. The van der Waals surface area contributed by atoms with E-state index in [1.807, 2.05) is 49.4 Å². The van der Waals surface area contributed by atoms with Crippen LogP contribution in [-0.2, 0) is 4.79 Å². The van der Waals surface area contributed by atoms with Crippen LogP contribution in [0.15, 0.2) is 59.0 Å². The number of nitrogens with one attached hydrogen (secondary N) is 1. The molecule has 0 fully saturated rings. The van der Waals surface area contributed by atoms with Gasteiger partial charge in [0.2, 0.25) is 0 Å². The van der Waals surface area contributed by atoms with E-state index in [2.05, 4.69) is 5.32 Å². The predicted molar refractivity (Wildman–Crippen MR) is 117 cm³/mol. The Kier molecular flexibility index (Phi) is 5.23. The van der Waals surface area contributed by atoms with Crippen molar-refractivity contribution in [1.82, 2.24) is 0 Å².